The lowest BCUT2D eigenvalue weighted by molar-refractivity contribution is -0.111. The van der Waals surface area contributed by atoms with E-state index in [9.17, 15) is 13.2 Å². The third-order valence-corrected chi connectivity index (χ3v) is 5.86. The number of aromatic nitrogens is 2. The van der Waals surface area contributed by atoms with E-state index in [4.69, 9.17) is 9.47 Å². The van der Waals surface area contributed by atoms with Gasteiger partial charge >= 0.3 is 0 Å². The zero-order valence-corrected chi connectivity index (χ0v) is 18.5. The first-order valence-electron chi connectivity index (χ1n) is 9.72. The van der Waals surface area contributed by atoms with Crippen LogP contribution in [0.2, 0.25) is 0 Å². The minimum atomic E-state index is -3.71. The number of amides is 1. The Kier molecular flexibility index (Phi) is 7.63. The molecular weight excluding hydrogens is 432 g/mol. The van der Waals surface area contributed by atoms with Crippen LogP contribution in [0.15, 0.2) is 71.9 Å². The van der Waals surface area contributed by atoms with E-state index in [1.807, 2.05) is 12.3 Å². The number of benzene rings is 2. The summed E-state index contributed by atoms with van der Waals surface area (Å²) in [6.07, 6.45) is 6.40. The maximum absolute atomic E-state index is 12.3. The summed E-state index contributed by atoms with van der Waals surface area (Å²) < 4.78 is 39.2. The number of hydrogen-bond donors (Lipinski definition) is 2. The van der Waals surface area contributed by atoms with Crippen LogP contribution >= 0.6 is 0 Å². The number of sulfonamides is 1. The van der Waals surface area contributed by atoms with Crippen LogP contribution in [0, 0.1) is 0 Å². The number of nitrogens with zero attached hydrogens (tertiary/aromatic N) is 2. The summed E-state index contributed by atoms with van der Waals surface area (Å²) in [6.45, 7) is 1.05. The molecule has 9 nitrogen and oxygen atoms in total. The van der Waals surface area contributed by atoms with E-state index in [0.717, 1.165) is 0 Å². The van der Waals surface area contributed by atoms with Crippen molar-refractivity contribution in [3.05, 3.63) is 72.6 Å². The largest absolute Gasteiger partial charge is 0.495 e. The number of carbonyl (C=O) groups is 1. The Morgan fingerprint density at radius 3 is 2.75 bits per heavy atom. The number of ether oxygens (including phenoxy) is 2. The van der Waals surface area contributed by atoms with Crippen LogP contribution in [0.5, 0.6) is 11.5 Å². The highest BCUT2D eigenvalue weighted by molar-refractivity contribution is 7.89. The van der Waals surface area contributed by atoms with Gasteiger partial charge in [0, 0.05) is 30.2 Å². The molecule has 0 radical (unpaired) electrons. The van der Waals surface area contributed by atoms with Crippen LogP contribution in [0.3, 0.4) is 0 Å². The number of hydrogen-bond acceptors (Lipinski definition) is 6. The van der Waals surface area contributed by atoms with Crippen LogP contribution < -0.4 is 19.5 Å². The van der Waals surface area contributed by atoms with Gasteiger partial charge in [0.25, 0.3) is 0 Å². The topological polar surface area (TPSA) is 112 Å². The predicted molar refractivity (Wildman–Crippen MR) is 121 cm³/mol. The van der Waals surface area contributed by atoms with E-state index >= 15 is 0 Å². The minimum absolute atomic E-state index is 0.00924. The van der Waals surface area contributed by atoms with Gasteiger partial charge in [-0.1, -0.05) is 12.1 Å². The summed E-state index contributed by atoms with van der Waals surface area (Å²) >= 11 is 0. The average Bonchev–Trinajstić information content (AvgIpc) is 3.31. The number of rotatable bonds is 10. The van der Waals surface area contributed by atoms with Crippen LogP contribution in [-0.2, 0) is 21.4 Å². The number of carbonyl (C=O) groups excluding carboxylic acids is 1. The van der Waals surface area contributed by atoms with Crippen molar-refractivity contribution in [1.82, 2.24) is 14.5 Å². The molecule has 0 atom stereocenters. The molecule has 1 aromatic heterocycles. The molecule has 3 aromatic rings. The van der Waals surface area contributed by atoms with Gasteiger partial charge in [0.15, 0.2) is 0 Å². The molecule has 1 amide bonds. The van der Waals surface area contributed by atoms with Crippen LogP contribution in [0.4, 0.5) is 5.69 Å². The van der Waals surface area contributed by atoms with Gasteiger partial charge in [-0.15, -0.1) is 0 Å². The summed E-state index contributed by atoms with van der Waals surface area (Å²) in [6, 6.07) is 13.5. The number of methoxy groups -OCH3 is 1. The van der Waals surface area contributed by atoms with Crippen molar-refractivity contribution in [3.63, 3.8) is 0 Å². The van der Waals surface area contributed by atoms with E-state index in [2.05, 4.69) is 15.1 Å². The molecule has 0 bridgehead atoms. The molecule has 0 saturated carbocycles. The van der Waals surface area contributed by atoms with Gasteiger partial charge in [-0.2, -0.15) is 5.10 Å². The van der Waals surface area contributed by atoms with E-state index < -0.39 is 10.0 Å². The fourth-order valence-corrected chi connectivity index (χ4v) is 3.75. The Morgan fingerprint density at radius 2 is 2.03 bits per heavy atom. The van der Waals surface area contributed by atoms with Crippen molar-refractivity contribution in [2.45, 2.75) is 11.4 Å². The molecule has 2 aromatic carbocycles. The maximum Gasteiger partial charge on any atom is 0.248 e. The van der Waals surface area contributed by atoms with Gasteiger partial charge in [0.2, 0.25) is 15.9 Å². The molecule has 168 valence electrons. The van der Waals surface area contributed by atoms with Gasteiger partial charge in [-0.3, -0.25) is 9.48 Å². The lowest BCUT2D eigenvalue weighted by atomic mass is 10.2. The Hall–Kier alpha value is -3.63. The Labute approximate surface area is 186 Å². The molecule has 32 heavy (non-hydrogen) atoms. The quantitative estimate of drug-likeness (QED) is 0.454. The van der Waals surface area contributed by atoms with E-state index in [1.54, 1.807) is 41.2 Å². The Morgan fingerprint density at radius 1 is 1.19 bits per heavy atom. The standard InChI is InChI=1S/C22H24N4O5S/c1-23-32(28,29)21-15-17(7-9-20(21)30-2)8-10-22(27)25-18-5-3-6-19(16-18)31-14-13-26-12-4-11-24-26/h3-12,15-16,23H,13-14H2,1-2H3,(H,25,27). The second-order valence-electron chi connectivity index (χ2n) is 6.59. The van der Waals surface area contributed by atoms with E-state index in [1.165, 1.54) is 38.4 Å². The molecule has 0 fully saturated rings. The molecule has 0 saturated heterocycles. The molecule has 0 unspecified atom stereocenters. The third kappa shape index (κ3) is 6.19. The number of anilines is 1. The van der Waals surface area contributed by atoms with Crippen molar-refractivity contribution in [3.8, 4) is 11.5 Å². The Balaban J connectivity index is 1.62. The summed E-state index contributed by atoms with van der Waals surface area (Å²) in [5.74, 6) is 0.467. The molecule has 0 aliphatic carbocycles. The highest BCUT2D eigenvalue weighted by Crippen LogP contribution is 2.25. The van der Waals surface area contributed by atoms with Gasteiger partial charge in [-0.05, 0) is 49.0 Å². The highest BCUT2D eigenvalue weighted by Gasteiger charge is 2.17. The van der Waals surface area contributed by atoms with Gasteiger partial charge < -0.3 is 14.8 Å². The molecule has 3 rings (SSSR count). The molecule has 1 heterocycles. The van der Waals surface area contributed by atoms with Crippen LogP contribution in [0.1, 0.15) is 5.56 Å². The summed E-state index contributed by atoms with van der Waals surface area (Å²) in [7, 11) is -0.996. The second-order valence-corrected chi connectivity index (χ2v) is 8.44. The Bertz CT molecular complexity index is 1190. The zero-order valence-electron chi connectivity index (χ0n) is 17.7. The first kappa shape index (κ1) is 23.0. The zero-order chi connectivity index (χ0) is 23.0. The molecule has 0 aliphatic rings. The van der Waals surface area contributed by atoms with Crippen molar-refractivity contribution in [1.29, 1.82) is 0 Å². The van der Waals surface area contributed by atoms with Crippen molar-refractivity contribution in [2.75, 3.05) is 26.1 Å². The van der Waals surface area contributed by atoms with Gasteiger partial charge in [0.05, 0.1) is 13.7 Å². The minimum Gasteiger partial charge on any atom is -0.495 e. The predicted octanol–water partition coefficient (Wildman–Crippen LogP) is 2.53. The lowest BCUT2D eigenvalue weighted by Gasteiger charge is -2.09. The summed E-state index contributed by atoms with van der Waals surface area (Å²) in [5.41, 5.74) is 1.11. The maximum atomic E-state index is 12.3. The second kappa shape index (κ2) is 10.6. The highest BCUT2D eigenvalue weighted by atomic mass is 32.2. The average molecular weight is 457 g/mol. The van der Waals surface area contributed by atoms with Crippen LogP contribution in [-0.4, -0.2) is 44.9 Å². The molecule has 0 spiro atoms. The van der Waals surface area contributed by atoms with Crippen molar-refractivity contribution >= 4 is 27.7 Å². The summed E-state index contributed by atoms with van der Waals surface area (Å²) in [4.78, 5) is 12.3. The smallest absolute Gasteiger partial charge is 0.248 e. The van der Waals surface area contributed by atoms with Gasteiger partial charge in [0.1, 0.15) is 23.0 Å². The van der Waals surface area contributed by atoms with Crippen molar-refractivity contribution in [2.24, 2.45) is 0 Å². The fraction of sp³-hybridized carbons (Fsp3) is 0.182. The normalized spacial score (nSPS) is 11.4. The monoisotopic (exact) mass is 456 g/mol. The first-order valence-corrected chi connectivity index (χ1v) is 11.2. The van der Waals surface area contributed by atoms with Crippen LogP contribution in [0.25, 0.3) is 6.08 Å². The summed E-state index contributed by atoms with van der Waals surface area (Å²) in [5, 5.41) is 6.87. The van der Waals surface area contributed by atoms with Gasteiger partial charge in [-0.25, -0.2) is 13.1 Å². The molecular formula is C22H24N4O5S. The third-order valence-electron chi connectivity index (χ3n) is 4.42. The van der Waals surface area contributed by atoms with Crippen molar-refractivity contribution < 1.29 is 22.7 Å². The fourth-order valence-electron chi connectivity index (χ4n) is 2.83. The molecule has 2 N–H and O–H groups in total. The SMILES string of the molecule is CNS(=O)(=O)c1cc(C=CC(=O)Nc2cccc(OCCn3cccn3)c2)ccc1OC. The first-order chi connectivity index (χ1) is 15.4. The van der Waals surface area contributed by atoms with E-state index in [-0.39, 0.29) is 16.6 Å². The molecule has 10 heteroatoms. The molecule has 0 aliphatic heterocycles. The van der Waals surface area contributed by atoms with E-state index in [0.29, 0.717) is 30.2 Å². The number of nitrogens with one attached hydrogen (secondary N) is 2. The lowest BCUT2D eigenvalue weighted by Crippen LogP contribution is -2.19.